The number of rotatable bonds is 3. The number of carbonyl (C=O) groups excluding carboxylic acids is 1. The van der Waals surface area contributed by atoms with E-state index in [0.717, 1.165) is 5.56 Å². The second-order valence-electron chi connectivity index (χ2n) is 5.91. The number of benzene rings is 1. The molecular formula is C16H21F3N2O. The van der Waals surface area contributed by atoms with E-state index in [9.17, 15) is 18.0 Å². The third kappa shape index (κ3) is 4.22. The zero-order valence-electron chi connectivity index (χ0n) is 12.8. The minimum Gasteiger partial charge on any atom is -0.325 e. The van der Waals surface area contributed by atoms with E-state index >= 15 is 0 Å². The number of piperidine rings is 1. The number of hydrogen-bond acceptors (Lipinski definition) is 2. The van der Waals surface area contributed by atoms with E-state index in [0.29, 0.717) is 18.7 Å². The van der Waals surface area contributed by atoms with Crippen molar-refractivity contribution in [1.29, 1.82) is 0 Å². The summed E-state index contributed by atoms with van der Waals surface area (Å²) in [7, 11) is 0. The molecule has 0 aromatic heterocycles. The number of anilines is 1. The predicted molar refractivity (Wildman–Crippen MR) is 79.6 cm³/mol. The first-order valence-electron chi connectivity index (χ1n) is 7.45. The van der Waals surface area contributed by atoms with Gasteiger partial charge in [-0.05, 0) is 45.4 Å². The van der Waals surface area contributed by atoms with Crippen LogP contribution in [0.1, 0.15) is 25.3 Å². The van der Waals surface area contributed by atoms with Crippen LogP contribution in [0.3, 0.4) is 0 Å². The quantitative estimate of drug-likeness (QED) is 0.924. The molecule has 6 heteroatoms. The summed E-state index contributed by atoms with van der Waals surface area (Å²) < 4.78 is 38.5. The smallest absolute Gasteiger partial charge is 0.325 e. The summed E-state index contributed by atoms with van der Waals surface area (Å²) in [6, 6.07) is 6.75. The molecule has 2 atom stereocenters. The minimum atomic E-state index is -4.19. The molecule has 1 amide bonds. The van der Waals surface area contributed by atoms with Crippen molar-refractivity contribution in [2.75, 3.05) is 18.4 Å². The Morgan fingerprint density at radius 2 is 1.95 bits per heavy atom. The van der Waals surface area contributed by atoms with Crippen LogP contribution in [0.5, 0.6) is 0 Å². The Hall–Kier alpha value is -1.56. The van der Waals surface area contributed by atoms with Crippen LogP contribution >= 0.6 is 0 Å². The number of nitrogens with zero attached hydrogens (tertiary/aromatic N) is 1. The summed E-state index contributed by atoms with van der Waals surface area (Å²) in [6.45, 7) is 4.02. The molecule has 1 fully saturated rings. The van der Waals surface area contributed by atoms with E-state index in [-0.39, 0.29) is 18.9 Å². The van der Waals surface area contributed by atoms with Crippen molar-refractivity contribution in [3.63, 3.8) is 0 Å². The molecule has 2 rings (SSSR count). The SMILES string of the molecule is Cc1ccc(NC(=O)[C@@H](C)N2CCC[C@@H](C(F)(F)F)C2)cc1. The Kier molecular flexibility index (Phi) is 5.11. The van der Waals surface area contributed by atoms with Gasteiger partial charge >= 0.3 is 6.18 Å². The standard InChI is InChI=1S/C16H21F3N2O/c1-11-5-7-14(8-6-11)20-15(22)12(2)21-9-3-4-13(10-21)16(17,18)19/h5-8,12-13H,3-4,9-10H2,1-2H3,(H,20,22)/t12-,13-/m1/s1. The molecule has 1 aromatic carbocycles. The van der Waals surface area contributed by atoms with Gasteiger partial charge in [-0.15, -0.1) is 0 Å². The van der Waals surface area contributed by atoms with E-state index in [1.165, 1.54) is 0 Å². The van der Waals surface area contributed by atoms with Crippen LogP contribution in [0.15, 0.2) is 24.3 Å². The number of nitrogens with one attached hydrogen (secondary N) is 1. The van der Waals surface area contributed by atoms with Gasteiger partial charge in [0.05, 0.1) is 12.0 Å². The Balaban J connectivity index is 1.96. The number of hydrogen-bond donors (Lipinski definition) is 1. The van der Waals surface area contributed by atoms with Gasteiger partial charge in [0.25, 0.3) is 0 Å². The molecule has 1 aromatic rings. The summed E-state index contributed by atoms with van der Waals surface area (Å²) in [5.74, 6) is -1.61. The topological polar surface area (TPSA) is 32.3 Å². The minimum absolute atomic E-state index is 0.105. The molecule has 0 spiro atoms. The maximum Gasteiger partial charge on any atom is 0.393 e. The van der Waals surface area contributed by atoms with Crippen molar-refractivity contribution < 1.29 is 18.0 Å². The van der Waals surface area contributed by atoms with Crippen LogP contribution in [0.2, 0.25) is 0 Å². The molecule has 22 heavy (non-hydrogen) atoms. The monoisotopic (exact) mass is 314 g/mol. The highest BCUT2D eigenvalue weighted by atomic mass is 19.4. The van der Waals surface area contributed by atoms with Gasteiger partial charge in [-0.3, -0.25) is 9.69 Å². The number of carbonyl (C=O) groups is 1. The van der Waals surface area contributed by atoms with Gasteiger partial charge in [0.15, 0.2) is 0 Å². The molecule has 1 heterocycles. The van der Waals surface area contributed by atoms with Gasteiger partial charge in [-0.1, -0.05) is 17.7 Å². The van der Waals surface area contributed by atoms with Crippen molar-refractivity contribution in [3.05, 3.63) is 29.8 Å². The zero-order chi connectivity index (χ0) is 16.3. The molecular weight excluding hydrogens is 293 g/mol. The summed E-state index contributed by atoms with van der Waals surface area (Å²) in [6.07, 6.45) is -3.58. The number of likely N-dealkylation sites (tertiary alicyclic amines) is 1. The molecule has 1 saturated heterocycles. The third-order valence-corrected chi connectivity index (χ3v) is 4.16. The molecule has 1 N–H and O–H groups in total. The highest BCUT2D eigenvalue weighted by molar-refractivity contribution is 5.94. The molecule has 1 aliphatic heterocycles. The van der Waals surface area contributed by atoms with E-state index in [2.05, 4.69) is 5.32 Å². The Morgan fingerprint density at radius 3 is 2.55 bits per heavy atom. The van der Waals surface area contributed by atoms with Gasteiger partial charge in [-0.25, -0.2) is 0 Å². The Bertz CT molecular complexity index is 513. The van der Waals surface area contributed by atoms with Crippen LogP contribution in [0.4, 0.5) is 18.9 Å². The number of aryl methyl sites for hydroxylation is 1. The van der Waals surface area contributed by atoms with Crippen LogP contribution < -0.4 is 5.32 Å². The maximum absolute atomic E-state index is 12.8. The average Bonchev–Trinajstić information content (AvgIpc) is 2.48. The largest absolute Gasteiger partial charge is 0.393 e. The second-order valence-corrected chi connectivity index (χ2v) is 5.91. The molecule has 122 valence electrons. The molecule has 3 nitrogen and oxygen atoms in total. The van der Waals surface area contributed by atoms with Gasteiger partial charge in [0, 0.05) is 12.2 Å². The third-order valence-electron chi connectivity index (χ3n) is 4.16. The summed E-state index contributed by atoms with van der Waals surface area (Å²) in [5.41, 5.74) is 1.74. The van der Waals surface area contributed by atoms with Crippen molar-refractivity contribution in [3.8, 4) is 0 Å². The lowest BCUT2D eigenvalue weighted by atomic mass is 9.96. The lowest BCUT2D eigenvalue weighted by Gasteiger charge is -2.36. The molecule has 0 unspecified atom stereocenters. The number of amides is 1. The van der Waals surface area contributed by atoms with E-state index in [1.807, 2.05) is 19.1 Å². The van der Waals surface area contributed by atoms with Gasteiger partial charge < -0.3 is 5.32 Å². The number of alkyl halides is 3. The average molecular weight is 314 g/mol. The summed E-state index contributed by atoms with van der Waals surface area (Å²) in [4.78, 5) is 13.8. The lowest BCUT2D eigenvalue weighted by Crippen LogP contribution is -2.49. The molecule has 1 aliphatic rings. The van der Waals surface area contributed by atoms with Gasteiger partial charge in [-0.2, -0.15) is 13.2 Å². The van der Waals surface area contributed by atoms with Crippen molar-refractivity contribution in [2.45, 2.75) is 38.9 Å². The second kappa shape index (κ2) is 6.69. The van der Waals surface area contributed by atoms with E-state index in [1.54, 1.807) is 24.0 Å². The first kappa shape index (κ1) is 16.8. The maximum atomic E-state index is 12.8. The normalized spacial score (nSPS) is 21.4. The molecule has 0 bridgehead atoms. The first-order chi connectivity index (χ1) is 10.3. The van der Waals surface area contributed by atoms with Crippen LogP contribution in [0.25, 0.3) is 0 Å². The van der Waals surface area contributed by atoms with Gasteiger partial charge in [0.1, 0.15) is 0 Å². The Labute approximate surface area is 128 Å². The van der Waals surface area contributed by atoms with Crippen LogP contribution in [-0.4, -0.2) is 36.1 Å². The van der Waals surface area contributed by atoms with Crippen molar-refractivity contribution in [2.24, 2.45) is 5.92 Å². The molecule has 0 saturated carbocycles. The highest BCUT2D eigenvalue weighted by Gasteiger charge is 2.43. The number of halogens is 3. The van der Waals surface area contributed by atoms with E-state index < -0.39 is 18.1 Å². The summed E-state index contributed by atoms with van der Waals surface area (Å²) >= 11 is 0. The fourth-order valence-electron chi connectivity index (χ4n) is 2.67. The Morgan fingerprint density at radius 1 is 1.32 bits per heavy atom. The molecule has 0 aliphatic carbocycles. The van der Waals surface area contributed by atoms with E-state index in [4.69, 9.17) is 0 Å². The first-order valence-corrected chi connectivity index (χ1v) is 7.45. The highest BCUT2D eigenvalue weighted by Crippen LogP contribution is 2.33. The van der Waals surface area contributed by atoms with Crippen LogP contribution in [0, 0.1) is 12.8 Å². The van der Waals surface area contributed by atoms with Gasteiger partial charge in [0.2, 0.25) is 5.91 Å². The predicted octanol–water partition coefficient (Wildman–Crippen LogP) is 3.60. The van der Waals surface area contributed by atoms with Crippen molar-refractivity contribution >= 4 is 11.6 Å². The van der Waals surface area contributed by atoms with Crippen LogP contribution in [-0.2, 0) is 4.79 Å². The van der Waals surface area contributed by atoms with Crippen molar-refractivity contribution in [1.82, 2.24) is 4.90 Å². The molecule has 0 radical (unpaired) electrons. The fraction of sp³-hybridized carbons (Fsp3) is 0.562. The fourth-order valence-corrected chi connectivity index (χ4v) is 2.67. The zero-order valence-corrected chi connectivity index (χ0v) is 12.8. The lowest BCUT2D eigenvalue weighted by molar-refractivity contribution is -0.188. The summed E-state index contributed by atoms with van der Waals surface area (Å²) in [5, 5.41) is 2.76.